The highest BCUT2D eigenvalue weighted by Crippen LogP contribution is 2.19. The summed E-state index contributed by atoms with van der Waals surface area (Å²) in [6.45, 7) is 0.867. The molecule has 164 valence electrons. The van der Waals surface area contributed by atoms with Crippen LogP contribution in [0.25, 0.3) is 0 Å². The summed E-state index contributed by atoms with van der Waals surface area (Å²) in [7, 11) is 1.99. The maximum Gasteiger partial charge on any atom is 0.229 e. The molecule has 1 amide bonds. The van der Waals surface area contributed by atoms with Crippen molar-refractivity contribution in [2.45, 2.75) is 44.2 Å². The first-order valence-corrected chi connectivity index (χ1v) is 11.8. The number of carbonyl (C=O) groups is 1. The van der Waals surface area contributed by atoms with Crippen molar-refractivity contribution < 1.29 is 14.6 Å². The number of carbonyl (C=O) groups excluding carboxylic acids is 1. The van der Waals surface area contributed by atoms with Crippen molar-refractivity contribution in [1.29, 1.82) is 0 Å². The van der Waals surface area contributed by atoms with Gasteiger partial charge in [0.25, 0.3) is 0 Å². The molecular weight excluding hydrogens is 396 g/mol. The number of nitrogens with one attached hydrogen (secondary N) is 2. The zero-order valence-corrected chi connectivity index (χ0v) is 18.6. The lowest BCUT2D eigenvalue weighted by Gasteiger charge is -2.24. The summed E-state index contributed by atoms with van der Waals surface area (Å²) in [6, 6.07) is 20.2. The number of rotatable bonds is 3. The number of benzene rings is 2. The molecule has 2 aliphatic rings. The normalized spacial score (nSPS) is 20.9. The lowest BCUT2D eigenvalue weighted by Crippen LogP contribution is -2.31. The molecule has 0 aromatic heterocycles. The third kappa shape index (κ3) is 10.7. The van der Waals surface area contributed by atoms with E-state index in [9.17, 15) is 4.79 Å². The standard InChI is InChI=1S/C12H10O.C7H15NO.C5H9NOS/c1-3-7-11(8-4-1)13-12-9-5-2-6-10-12;1-8-6-2-4-7(9)5-3-6;7-5-4-8-3-1-2-6-5/h1-10H;6-9H,2-5H2,1H3;1-4H2,(H,6,7). The molecule has 5 nitrogen and oxygen atoms in total. The Hall–Kier alpha value is -2.02. The minimum atomic E-state index is -0.0189. The zero-order valence-electron chi connectivity index (χ0n) is 17.8. The van der Waals surface area contributed by atoms with E-state index in [2.05, 4.69) is 10.6 Å². The highest BCUT2D eigenvalue weighted by atomic mass is 32.2. The Morgan fingerprint density at radius 3 is 2.07 bits per heavy atom. The first-order chi connectivity index (χ1) is 14.7. The van der Waals surface area contributed by atoms with Crippen molar-refractivity contribution in [2.24, 2.45) is 0 Å². The number of hydrogen-bond acceptors (Lipinski definition) is 5. The molecule has 0 unspecified atom stereocenters. The van der Waals surface area contributed by atoms with E-state index < -0.39 is 0 Å². The molecule has 1 saturated carbocycles. The second-order valence-electron chi connectivity index (χ2n) is 7.28. The van der Waals surface area contributed by atoms with Crippen LogP contribution >= 0.6 is 11.8 Å². The summed E-state index contributed by atoms with van der Waals surface area (Å²) in [6.07, 6.45) is 5.33. The summed E-state index contributed by atoms with van der Waals surface area (Å²) in [5.74, 6) is 3.70. The Labute approximate surface area is 184 Å². The molecule has 2 aromatic rings. The van der Waals surface area contributed by atoms with E-state index in [0.717, 1.165) is 55.9 Å². The van der Waals surface area contributed by atoms with Gasteiger partial charge in [0.1, 0.15) is 11.5 Å². The molecule has 2 aromatic carbocycles. The number of thioether (sulfide) groups is 1. The minimum absolute atomic E-state index is 0.0189. The molecule has 1 saturated heterocycles. The number of ether oxygens (including phenoxy) is 1. The largest absolute Gasteiger partial charge is 0.457 e. The van der Waals surface area contributed by atoms with Crippen LogP contribution in [0.1, 0.15) is 32.1 Å². The van der Waals surface area contributed by atoms with Crippen molar-refractivity contribution in [1.82, 2.24) is 10.6 Å². The Balaban J connectivity index is 0.000000167. The number of hydrogen-bond donors (Lipinski definition) is 3. The average Bonchev–Trinajstić information content (AvgIpc) is 3.04. The van der Waals surface area contributed by atoms with E-state index in [1.165, 1.54) is 0 Å². The number of para-hydroxylation sites is 2. The molecule has 0 radical (unpaired) electrons. The third-order valence-corrected chi connectivity index (χ3v) is 5.89. The van der Waals surface area contributed by atoms with Crippen LogP contribution in [-0.4, -0.2) is 48.3 Å². The highest BCUT2D eigenvalue weighted by Gasteiger charge is 2.16. The maximum absolute atomic E-state index is 10.6. The van der Waals surface area contributed by atoms with Crippen LogP contribution in [0.2, 0.25) is 0 Å². The summed E-state index contributed by atoms with van der Waals surface area (Å²) in [5, 5.41) is 15.1. The topological polar surface area (TPSA) is 70.6 Å². The van der Waals surface area contributed by atoms with Crippen LogP contribution in [-0.2, 0) is 4.79 Å². The summed E-state index contributed by atoms with van der Waals surface area (Å²) >= 11 is 1.71. The van der Waals surface area contributed by atoms with Gasteiger partial charge in [-0.2, -0.15) is 11.8 Å². The Morgan fingerprint density at radius 2 is 1.53 bits per heavy atom. The van der Waals surface area contributed by atoms with Crippen LogP contribution < -0.4 is 15.4 Å². The van der Waals surface area contributed by atoms with Crippen molar-refractivity contribution in [3.05, 3.63) is 60.7 Å². The van der Waals surface area contributed by atoms with Crippen LogP contribution in [0.3, 0.4) is 0 Å². The van der Waals surface area contributed by atoms with Crippen molar-refractivity contribution >= 4 is 17.7 Å². The van der Waals surface area contributed by atoms with Gasteiger partial charge in [0.2, 0.25) is 5.91 Å². The molecule has 2 fully saturated rings. The lowest BCUT2D eigenvalue weighted by atomic mass is 9.93. The molecule has 0 atom stereocenters. The summed E-state index contributed by atoms with van der Waals surface area (Å²) < 4.78 is 5.58. The van der Waals surface area contributed by atoms with E-state index in [0.29, 0.717) is 11.8 Å². The lowest BCUT2D eigenvalue weighted by molar-refractivity contribution is -0.118. The van der Waals surface area contributed by atoms with E-state index in [-0.39, 0.29) is 12.0 Å². The number of aliphatic hydroxyl groups excluding tert-OH is 1. The molecule has 1 heterocycles. The zero-order chi connectivity index (χ0) is 21.4. The number of aliphatic hydroxyl groups is 1. The Bertz CT molecular complexity index is 645. The maximum atomic E-state index is 10.6. The van der Waals surface area contributed by atoms with Crippen molar-refractivity contribution in [2.75, 3.05) is 25.1 Å². The first-order valence-electron chi connectivity index (χ1n) is 10.6. The fourth-order valence-corrected chi connectivity index (χ4v) is 3.88. The van der Waals surface area contributed by atoms with Gasteiger partial charge in [-0.1, -0.05) is 36.4 Å². The first kappa shape index (κ1) is 24.3. The highest BCUT2D eigenvalue weighted by molar-refractivity contribution is 7.99. The van der Waals surface area contributed by atoms with Gasteiger partial charge < -0.3 is 20.5 Å². The van der Waals surface area contributed by atoms with Crippen molar-refractivity contribution in [3.63, 3.8) is 0 Å². The smallest absolute Gasteiger partial charge is 0.229 e. The van der Waals surface area contributed by atoms with Crippen LogP contribution in [0.4, 0.5) is 0 Å². The second-order valence-corrected chi connectivity index (χ2v) is 8.38. The average molecular weight is 431 g/mol. The van der Waals surface area contributed by atoms with Gasteiger partial charge in [-0.15, -0.1) is 0 Å². The predicted molar refractivity (Wildman–Crippen MR) is 125 cm³/mol. The molecule has 0 bridgehead atoms. The quantitative estimate of drug-likeness (QED) is 0.680. The summed E-state index contributed by atoms with van der Waals surface area (Å²) in [4.78, 5) is 10.6. The fraction of sp³-hybridized carbons (Fsp3) is 0.458. The molecule has 0 spiro atoms. The van der Waals surface area contributed by atoms with E-state index in [1.54, 1.807) is 11.8 Å². The number of amides is 1. The molecule has 4 rings (SSSR count). The van der Waals surface area contributed by atoms with E-state index in [1.807, 2.05) is 67.7 Å². The molecule has 3 N–H and O–H groups in total. The fourth-order valence-electron chi connectivity index (χ4n) is 3.10. The molecule has 1 aliphatic heterocycles. The predicted octanol–water partition coefficient (Wildman–Crippen LogP) is 4.23. The summed E-state index contributed by atoms with van der Waals surface area (Å²) in [5.41, 5.74) is 0. The minimum Gasteiger partial charge on any atom is -0.457 e. The molecule has 30 heavy (non-hydrogen) atoms. The van der Waals surface area contributed by atoms with Gasteiger partial charge in [-0.3, -0.25) is 4.79 Å². The monoisotopic (exact) mass is 430 g/mol. The van der Waals surface area contributed by atoms with Gasteiger partial charge in [0.05, 0.1) is 11.9 Å². The van der Waals surface area contributed by atoms with Gasteiger partial charge in [0.15, 0.2) is 0 Å². The van der Waals surface area contributed by atoms with E-state index >= 15 is 0 Å². The van der Waals surface area contributed by atoms with Crippen molar-refractivity contribution in [3.8, 4) is 11.5 Å². The van der Waals surface area contributed by atoms with Gasteiger partial charge in [0, 0.05) is 12.6 Å². The van der Waals surface area contributed by atoms with E-state index in [4.69, 9.17) is 9.84 Å². The SMILES string of the molecule is CNC1CCC(O)CC1.O=C1CSCCCN1.c1ccc(Oc2ccccc2)cc1. The molecular formula is C24H34N2O3S. The van der Waals surface area contributed by atoms with Crippen LogP contribution in [0, 0.1) is 0 Å². The Kier molecular flexibility index (Phi) is 12.0. The molecule has 6 heteroatoms. The van der Waals surface area contributed by atoms with Crippen LogP contribution in [0.5, 0.6) is 11.5 Å². The Morgan fingerprint density at radius 1 is 0.967 bits per heavy atom. The second kappa shape index (κ2) is 14.9. The van der Waals surface area contributed by atoms with Crippen LogP contribution in [0.15, 0.2) is 60.7 Å². The third-order valence-electron chi connectivity index (χ3n) is 4.85. The van der Waals surface area contributed by atoms with Gasteiger partial charge >= 0.3 is 0 Å². The molecule has 1 aliphatic carbocycles. The van der Waals surface area contributed by atoms with Gasteiger partial charge in [-0.25, -0.2) is 0 Å². The van der Waals surface area contributed by atoms with Gasteiger partial charge in [-0.05, 0) is 69.2 Å².